The number of hydrogen-bond acceptors (Lipinski definition) is 3. The topological polar surface area (TPSA) is 37.1 Å². The van der Waals surface area contributed by atoms with Crippen LogP contribution in [0.25, 0.3) is 0 Å². The molecular formula is C9H7N3. The Hall–Kier alpha value is -1.51. The molecule has 0 saturated carbocycles. The first-order valence-corrected chi connectivity index (χ1v) is 4.01. The molecule has 3 heteroatoms. The van der Waals surface area contributed by atoms with Gasteiger partial charge in [0.25, 0.3) is 0 Å². The SMILES string of the molecule is C1=Nc2cc3c(cc2=N1)CCN=3. The number of fused-ring (bicyclic) bond motifs is 2. The lowest BCUT2D eigenvalue weighted by Crippen LogP contribution is -2.10. The minimum absolute atomic E-state index is 0.919. The van der Waals surface area contributed by atoms with Crippen LogP contribution in [0.3, 0.4) is 0 Å². The maximum atomic E-state index is 4.36. The summed E-state index contributed by atoms with van der Waals surface area (Å²) in [6.07, 6.45) is 2.65. The van der Waals surface area contributed by atoms with Crippen LogP contribution in [-0.4, -0.2) is 12.9 Å². The van der Waals surface area contributed by atoms with Crippen LogP contribution in [0.4, 0.5) is 5.69 Å². The Bertz CT molecular complexity index is 485. The van der Waals surface area contributed by atoms with Gasteiger partial charge >= 0.3 is 0 Å². The van der Waals surface area contributed by atoms with Crippen LogP contribution in [0.1, 0.15) is 5.56 Å². The molecule has 2 aliphatic rings. The number of rotatable bonds is 0. The second-order valence-corrected chi connectivity index (χ2v) is 2.98. The zero-order chi connectivity index (χ0) is 7.97. The molecule has 58 valence electrons. The van der Waals surface area contributed by atoms with Crippen molar-refractivity contribution in [2.75, 3.05) is 6.54 Å². The van der Waals surface area contributed by atoms with Gasteiger partial charge in [-0.25, -0.2) is 9.98 Å². The summed E-state index contributed by atoms with van der Waals surface area (Å²) in [6, 6.07) is 4.11. The molecule has 0 atom stereocenters. The molecule has 2 aliphatic heterocycles. The second-order valence-electron chi connectivity index (χ2n) is 2.98. The molecule has 3 nitrogen and oxygen atoms in total. The van der Waals surface area contributed by atoms with E-state index in [0.29, 0.717) is 0 Å². The van der Waals surface area contributed by atoms with Crippen LogP contribution in [-0.2, 0) is 6.42 Å². The van der Waals surface area contributed by atoms with Gasteiger partial charge in [0.2, 0.25) is 0 Å². The summed E-state index contributed by atoms with van der Waals surface area (Å²) in [5.41, 5.74) is 2.27. The average molecular weight is 157 g/mol. The Morgan fingerprint density at radius 1 is 1.17 bits per heavy atom. The maximum absolute atomic E-state index is 4.36. The lowest BCUT2D eigenvalue weighted by atomic mass is 10.1. The van der Waals surface area contributed by atoms with E-state index in [1.54, 1.807) is 6.34 Å². The number of aliphatic imine (C=N–C) groups is 1. The van der Waals surface area contributed by atoms with Crippen molar-refractivity contribution in [1.29, 1.82) is 0 Å². The largest absolute Gasteiger partial charge is 0.285 e. The minimum Gasteiger partial charge on any atom is -0.285 e. The first-order chi connectivity index (χ1) is 5.93. The Balaban J connectivity index is 2.45. The summed E-state index contributed by atoms with van der Waals surface area (Å²) in [6.45, 7) is 0.919. The third-order valence-electron chi connectivity index (χ3n) is 2.23. The van der Waals surface area contributed by atoms with E-state index in [2.05, 4.69) is 21.0 Å². The molecular weight excluding hydrogens is 150 g/mol. The molecule has 0 spiro atoms. The van der Waals surface area contributed by atoms with Crippen LogP contribution < -0.4 is 10.7 Å². The molecule has 0 fully saturated rings. The van der Waals surface area contributed by atoms with Gasteiger partial charge in [-0.05, 0) is 24.1 Å². The van der Waals surface area contributed by atoms with Crippen molar-refractivity contribution < 1.29 is 0 Å². The lowest BCUT2D eigenvalue weighted by Gasteiger charge is -1.91. The molecule has 0 saturated heterocycles. The maximum Gasteiger partial charge on any atom is 0.116 e. The Kier molecular flexibility index (Phi) is 1.01. The second kappa shape index (κ2) is 2.00. The molecule has 1 aromatic carbocycles. The van der Waals surface area contributed by atoms with E-state index in [1.807, 2.05) is 6.07 Å². The zero-order valence-electron chi connectivity index (χ0n) is 6.49. The van der Waals surface area contributed by atoms with E-state index < -0.39 is 0 Å². The van der Waals surface area contributed by atoms with Crippen molar-refractivity contribution in [3.63, 3.8) is 0 Å². The first-order valence-electron chi connectivity index (χ1n) is 4.01. The monoisotopic (exact) mass is 157 g/mol. The van der Waals surface area contributed by atoms with Gasteiger partial charge in [-0.3, -0.25) is 4.99 Å². The molecule has 0 bridgehead atoms. The smallest absolute Gasteiger partial charge is 0.116 e. The quantitative estimate of drug-likeness (QED) is 0.514. The summed E-state index contributed by atoms with van der Waals surface area (Å²) in [5.74, 6) is 0. The summed E-state index contributed by atoms with van der Waals surface area (Å²) >= 11 is 0. The highest BCUT2D eigenvalue weighted by Gasteiger charge is 2.08. The predicted octanol–water partition coefficient (Wildman–Crippen LogP) is 0.155. The van der Waals surface area contributed by atoms with Gasteiger partial charge in [0.15, 0.2) is 0 Å². The van der Waals surface area contributed by atoms with Gasteiger partial charge < -0.3 is 0 Å². The third-order valence-corrected chi connectivity index (χ3v) is 2.23. The van der Waals surface area contributed by atoms with Crippen LogP contribution in [0.15, 0.2) is 27.1 Å². The summed E-state index contributed by atoms with van der Waals surface area (Å²) in [5, 5.41) is 2.09. The third kappa shape index (κ3) is 0.679. The van der Waals surface area contributed by atoms with Crippen LogP contribution >= 0.6 is 0 Å². The van der Waals surface area contributed by atoms with Crippen molar-refractivity contribution in [2.45, 2.75) is 6.42 Å². The van der Waals surface area contributed by atoms with Crippen molar-refractivity contribution in [2.24, 2.45) is 15.0 Å². The summed E-state index contributed by atoms with van der Waals surface area (Å²) in [4.78, 5) is 12.6. The number of benzene rings is 1. The number of nitrogens with zero attached hydrogens (tertiary/aromatic N) is 3. The van der Waals surface area contributed by atoms with Gasteiger partial charge in [0.05, 0.1) is 16.4 Å². The van der Waals surface area contributed by atoms with E-state index >= 15 is 0 Å². The van der Waals surface area contributed by atoms with E-state index in [1.165, 1.54) is 5.56 Å². The molecule has 0 unspecified atom stereocenters. The van der Waals surface area contributed by atoms with Crippen LogP contribution in [0, 0.1) is 0 Å². The molecule has 0 aliphatic carbocycles. The highest BCUT2D eigenvalue weighted by Crippen LogP contribution is 2.07. The van der Waals surface area contributed by atoms with Gasteiger partial charge in [0, 0.05) is 6.54 Å². The lowest BCUT2D eigenvalue weighted by molar-refractivity contribution is 1.02. The summed E-state index contributed by atoms with van der Waals surface area (Å²) in [7, 11) is 0. The van der Waals surface area contributed by atoms with Gasteiger partial charge in [0.1, 0.15) is 6.34 Å². The predicted molar refractivity (Wildman–Crippen MR) is 45.5 cm³/mol. The standard InChI is InChI=1S/C9H7N3/c1-2-10-7-4-9-8(3-6(1)7)11-5-12-9/h3-5H,1-2H2. The Labute approximate surface area is 69.2 Å². The average Bonchev–Trinajstić information content (AvgIpc) is 2.64. The zero-order valence-corrected chi connectivity index (χ0v) is 6.49. The van der Waals surface area contributed by atoms with Crippen molar-refractivity contribution >= 4 is 12.0 Å². The molecule has 0 amide bonds. The molecule has 2 heterocycles. The fourth-order valence-electron chi connectivity index (χ4n) is 1.61. The van der Waals surface area contributed by atoms with Gasteiger partial charge in [-0.15, -0.1) is 0 Å². The van der Waals surface area contributed by atoms with E-state index in [9.17, 15) is 0 Å². The molecule has 0 N–H and O–H groups in total. The van der Waals surface area contributed by atoms with Crippen molar-refractivity contribution in [3.05, 3.63) is 28.4 Å². The van der Waals surface area contributed by atoms with Crippen LogP contribution in [0.5, 0.6) is 0 Å². The van der Waals surface area contributed by atoms with E-state index in [-0.39, 0.29) is 0 Å². The van der Waals surface area contributed by atoms with Crippen LogP contribution in [0.2, 0.25) is 0 Å². The first kappa shape index (κ1) is 6.06. The number of hydrogen-bond donors (Lipinski definition) is 0. The minimum atomic E-state index is 0.919. The van der Waals surface area contributed by atoms with Crippen molar-refractivity contribution in [3.8, 4) is 0 Å². The molecule has 0 radical (unpaired) electrons. The fraction of sp³-hybridized carbons (Fsp3) is 0.222. The molecule has 1 aromatic rings. The normalized spacial score (nSPS) is 16.7. The molecule has 3 rings (SSSR count). The Morgan fingerprint density at radius 2 is 2.17 bits per heavy atom. The highest BCUT2D eigenvalue weighted by atomic mass is 14.9. The van der Waals surface area contributed by atoms with Gasteiger partial charge in [-0.2, -0.15) is 0 Å². The summed E-state index contributed by atoms with van der Waals surface area (Å²) < 4.78 is 0. The van der Waals surface area contributed by atoms with E-state index in [0.717, 1.165) is 29.4 Å². The Morgan fingerprint density at radius 3 is 3.17 bits per heavy atom. The van der Waals surface area contributed by atoms with Crippen molar-refractivity contribution in [1.82, 2.24) is 0 Å². The van der Waals surface area contributed by atoms with E-state index in [4.69, 9.17) is 0 Å². The van der Waals surface area contributed by atoms with Gasteiger partial charge in [-0.1, -0.05) is 0 Å². The molecule has 0 aromatic heterocycles. The fourth-order valence-corrected chi connectivity index (χ4v) is 1.61. The highest BCUT2D eigenvalue weighted by molar-refractivity contribution is 5.66. The molecule has 12 heavy (non-hydrogen) atoms.